The molecule has 1 N–H and O–H groups in total. The Morgan fingerprint density at radius 1 is 1.21 bits per heavy atom. The number of ether oxygens (including phenoxy) is 1. The molecule has 0 bridgehead atoms. The van der Waals surface area contributed by atoms with Gasteiger partial charge in [0.15, 0.2) is 0 Å². The summed E-state index contributed by atoms with van der Waals surface area (Å²) in [7, 11) is -2.11. The van der Waals surface area contributed by atoms with Crippen molar-refractivity contribution in [2.75, 3.05) is 24.5 Å². The van der Waals surface area contributed by atoms with Crippen LogP contribution < -0.4 is 9.62 Å². The summed E-state index contributed by atoms with van der Waals surface area (Å²) in [6.07, 6.45) is 2.10. The van der Waals surface area contributed by atoms with Crippen LogP contribution >= 0.6 is 11.3 Å². The van der Waals surface area contributed by atoms with E-state index in [2.05, 4.69) is 5.32 Å². The largest absolute Gasteiger partial charge is 0.376 e. The van der Waals surface area contributed by atoms with E-state index >= 15 is 0 Å². The fraction of sp³-hybridized carbons (Fsp3) is 0.286. The minimum atomic E-state index is -3.64. The first-order chi connectivity index (χ1) is 13.9. The van der Waals surface area contributed by atoms with Crippen molar-refractivity contribution in [2.24, 2.45) is 0 Å². The lowest BCUT2D eigenvalue weighted by Crippen LogP contribution is -2.31. The maximum atomic E-state index is 12.8. The number of thiophene rings is 1. The van der Waals surface area contributed by atoms with Gasteiger partial charge in [0.25, 0.3) is 15.9 Å². The van der Waals surface area contributed by atoms with Crippen molar-refractivity contribution < 1.29 is 17.9 Å². The quantitative estimate of drug-likeness (QED) is 0.648. The van der Waals surface area contributed by atoms with E-state index in [-0.39, 0.29) is 16.9 Å². The summed E-state index contributed by atoms with van der Waals surface area (Å²) in [6, 6.07) is 15.5. The maximum Gasteiger partial charge on any atom is 0.264 e. The van der Waals surface area contributed by atoms with Gasteiger partial charge in [-0.1, -0.05) is 18.2 Å². The van der Waals surface area contributed by atoms with Gasteiger partial charge in [0, 0.05) is 24.9 Å². The first kappa shape index (κ1) is 19.9. The molecule has 1 saturated heterocycles. The zero-order chi connectivity index (χ0) is 20.4. The fourth-order valence-electron chi connectivity index (χ4n) is 3.33. The molecule has 6 nitrogen and oxygen atoms in total. The SMILES string of the molecule is CN(c1ccc2sc(C(=O)NCC3CCCO3)cc2c1)S(=O)(=O)c1ccccc1. The van der Waals surface area contributed by atoms with Crippen LogP contribution in [0, 0.1) is 0 Å². The Balaban J connectivity index is 1.54. The number of anilines is 1. The summed E-state index contributed by atoms with van der Waals surface area (Å²) in [5, 5.41) is 3.76. The standard InChI is InChI=1S/C21H22N2O4S2/c1-23(29(25,26)18-7-3-2-4-8-18)16-9-10-19-15(12-16)13-20(28-19)21(24)22-14-17-6-5-11-27-17/h2-4,7-10,12-13,17H,5-6,11,14H2,1H3,(H,22,24). The monoisotopic (exact) mass is 430 g/mol. The highest BCUT2D eigenvalue weighted by Crippen LogP contribution is 2.31. The third-order valence-electron chi connectivity index (χ3n) is 5.00. The van der Waals surface area contributed by atoms with Crippen LogP contribution in [0.4, 0.5) is 5.69 Å². The minimum Gasteiger partial charge on any atom is -0.376 e. The smallest absolute Gasteiger partial charge is 0.264 e. The second-order valence-electron chi connectivity index (χ2n) is 6.96. The van der Waals surface area contributed by atoms with E-state index in [4.69, 9.17) is 4.74 Å². The van der Waals surface area contributed by atoms with Gasteiger partial charge in [0.05, 0.1) is 21.6 Å². The zero-order valence-corrected chi connectivity index (χ0v) is 17.6. The number of hydrogen-bond acceptors (Lipinski definition) is 5. The summed E-state index contributed by atoms with van der Waals surface area (Å²) in [6.45, 7) is 1.27. The Kier molecular flexibility index (Phi) is 5.58. The third-order valence-corrected chi connectivity index (χ3v) is 7.92. The number of carbonyl (C=O) groups excluding carboxylic acids is 1. The Morgan fingerprint density at radius 2 is 2.00 bits per heavy atom. The van der Waals surface area contributed by atoms with Crippen LogP contribution in [0.1, 0.15) is 22.5 Å². The predicted octanol–water partition coefficient (Wildman–Crippen LogP) is 3.64. The maximum absolute atomic E-state index is 12.8. The molecular formula is C21H22N2O4S2. The second-order valence-corrected chi connectivity index (χ2v) is 10.0. The summed E-state index contributed by atoms with van der Waals surface area (Å²) in [4.78, 5) is 13.3. The van der Waals surface area contributed by atoms with E-state index in [1.54, 1.807) is 48.5 Å². The normalized spacial score (nSPS) is 16.8. The highest BCUT2D eigenvalue weighted by Gasteiger charge is 2.22. The van der Waals surface area contributed by atoms with Gasteiger partial charge in [-0.25, -0.2) is 8.42 Å². The molecule has 1 amide bonds. The highest BCUT2D eigenvalue weighted by molar-refractivity contribution is 7.92. The van der Waals surface area contributed by atoms with Crippen molar-refractivity contribution in [3.8, 4) is 0 Å². The Bertz CT molecular complexity index is 1120. The first-order valence-corrected chi connectivity index (χ1v) is 11.7. The van der Waals surface area contributed by atoms with E-state index in [0.29, 0.717) is 17.1 Å². The summed E-state index contributed by atoms with van der Waals surface area (Å²) >= 11 is 1.39. The molecule has 1 aliphatic heterocycles. The number of hydrogen-bond donors (Lipinski definition) is 1. The molecule has 4 rings (SSSR count). The Labute approximate surface area is 174 Å². The number of nitrogens with one attached hydrogen (secondary N) is 1. The van der Waals surface area contributed by atoms with Crippen LogP contribution in [0.25, 0.3) is 10.1 Å². The number of nitrogens with zero attached hydrogens (tertiary/aromatic N) is 1. The van der Waals surface area contributed by atoms with Crippen molar-refractivity contribution in [1.29, 1.82) is 0 Å². The lowest BCUT2D eigenvalue weighted by Gasteiger charge is -2.19. The highest BCUT2D eigenvalue weighted by atomic mass is 32.2. The molecule has 2 heterocycles. The molecule has 0 aliphatic carbocycles. The number of sulfonamides is 1. The summed E-state index contributed by atoms with van der Waals surface area (Å²) < 4.78 is 33.4. The minimum absolute atomic E-state index is 0.0942. The van der Waals surface area contributed by atoms with Crippen LogP contribution in [0.3, 0.4) is 0 Å². The molecule has 152 valence electrons. The molecule has 1 aliphatic rings. The number of rotatable bonds is 6. The molecule has 0 radical (unpaired) electrons. The molecule has 0 saturated carbocycles. The number of fused-ring (bicyclic) bond motifs is 1. The molecule has 29 heavy (non-hydrogen) atoms. The number of amides is 1. The molecule has 1 aromatic heterocycles. The van der Waals surface area contributed by atoms with Crippen LogP contribution in [0.15, 0.2) is 59.5 Å². The van der Waals surface area contributed by atoms with E-state index in [9.17, 15) is 13.2 Å². The number of carbonyl (C=O) groups is 1. The van der Waals surface area contributed by atoms with Gasteiger partial charge in [-0.15, -0.1) is 11.3 Å². The molecule has 3 aromatic rings. The van der Waals surface area contributed by atoms with Gasteiger partial charge >= 0.3 is 0 Å². The van der Waals surface area contributed by atoms with Gasteiger partial charge in [-0.3, -0.25) is 9.10 Å². The van der Waals surface area contributed by atoms with Gasteiger partial charge in [0.1, 0.15) is 0 Å². The lowest BCUT2D eigenvalue weighted by atomic mass is 10.2. The average molecular weight is 431 g/mol. The molecule has 8 heteroatoms. The average Bonchev–Trinajstić information content (AvgIpc) is 3.41. The van der Waals surface area contributed by atoms with Crippen molar-refractivity contribution in [1.82, 2.24) is 5.32 Å². The molecule has 2 aromatic carbocycles. The van der Waals surface area contributed by atoms with Crippen molar-refractivity contribution in [3.63, 3.8) is 0 Å². The van der Waals surface area contributed by atoms with E-state index in [1.807, 2.05) is 6.07 Å². The molecular weight excluding hydrogens is 408 g/mol. The summed E-state index contributed by atoms with van der Waals surface area (Å²) in [5.74, 6) is -0.131. The Morgan fingerprint density at radius 3 is 2.72 bits per heavy atom. The van der Waals surface area contributed by atoms with Crippen molar-refractivity contribution >= 4 is 43.0 Å². The van der Waals surface area contributed by atoms with Crippen molar-refractivity contribution in [3.05, 3.63) is 59.5 Å². The van der Waals surface area contributed by atoms with E-state index < -0.39 is 10.0 Å². The van der Waals surface area contributed by atoms with Gasteiger partial charge < -0.3 is 10.1 Å². The lowest BCUT2D eigenvalue weighted by molar-refractivity contribution is 0.0861. The zero-order valence-electron chi connectivity index (χ0n) is 16.0. The van der Waals surface area contributed by atoms with Gasteiger partial charge in [-0.05, 0) is 54.6 Å². The van der Waals surface area contributed by atoms with E-state index in [1.165, 1.54) is 22.7 Å². The van der Waals surface area contributed by atoms with Crippen LogP contribution in [-0.2, 0) is 14.8 Å². The fourth-order valence-corrected chi connectivity index (χ4v) is 5.49. The van der Waals surface area contributed by atoms with Crippen LogP contribution in [0.2, 0.25) is 0 Å². The summed E-state index contributed by atoms with van der Waals surface area (Å²) in [5.41, 5.74) is 0.547. The topological polar surface area (TPSA) is 75.7 Å². The van der Waals surface area contributed by atoms with Gasteiger partial charge in [-0.2, -0.15) is 0 Å². The van der Waals surface area contributed by atoms with Gasteiger partial charge in [0.2, 0.25) is 0 Å². The molecule has 1 atom stereocenters. The predicted molar refractivity (Wildman–Crippen MR) is 115 cm³/mol. The van der Waals surface area contributed by atoms with E-state index in [0.717, 1.165) is 29.5 Å². The first-order valence-electron chi connectivity index (χ1n) is 9.42. The second kappa shape index (κ2) is 8.14. The molecule has 1 fully saturated rings. The van der Waals surface area contributed by atoms with Crippen LogP contribution in [0.5, 0.6) is 0 Å². The third kappa shape index (κ3) is 4.14. The molecule has 0 spiro atoms. The molecule has 1 unspecified atom stereocenters. The van der Waals surface area contributed by atoms with Crippen molar-refractivity contribution in [2.45, 2.75) is 23.8 Å². The Hall–Kier alpha value is -2.42. The number of benzene rings is 2. The van der Waals surface area contributed by atoms with Crippen LogP contribution in [-0.4, -0.2) is 40.6 Å².